The van der Waals surface area contributed by atoms with Gasteiger partial charge in [0.2, 0.25) is 5.92 Å². The van der Waals surface area contributed by atoms with E-state index in [1.807, 2.05) is 43.8 Å². The average Bonchev–Trinajstić information content (AvgIpc) is 3.34. The number of hydrogen-bond donors (Lipinski definition) is 0. The van der Waals surface area contributed by atoms with E-state index in [-0.39, 0.29) is 31.7 Å². The van der Waals surface area contributed by atoms with Crippen LogP contribution in [0.2, 0.25) is 0 Å². The van der Waals surface area contributed by atoms with Crippen molar-refractivity contribution in [3.63, 3.8) is 0 Å². The van der Waals surface area contributed by atoms with Gasteiger partial charge in [0, 0.05) is 54.4 Å². The van der Waals surface area contributed by atoms with Gasteiger partial charge in [-0.2, -0.15) is 5.10 Å². The Morgan fingerprint density at radius 3 is 2.54 bits per heavy atom. The normalized spacial score (nSPS) is 15.7. The van der Waals surface area contributed by atoms with Crippen LogP contribution in [0.4, 0.5) is 13.6 Å². The average molecular weight is 556 g/mol. The Hall–Kier alpha value is -2.87. The Morgan fingerprint density at radius 1 is 1.13 bits per heavy atom. The summed E-state index contributed by atoms with van der Waals surface area (Å²) in [5.74, 6) is -1.76. The number of aryl methyl sites for hydroxylation is 2. The van der Waals surface area contributed by atoms with E-state index in [1.165, 1.54) is 16.0 Å². The molecule has 0 atom stereocenters. The molecule has 0 bridgehead atoms. The molecule has 1 aromatic heterocycles. The number of ether oxygens (including phenoxy) is 1. The van der Waals surface area contributed by atoms with Gasteiger partial charge >= 0.3 is 6.09 Å². The Bertz CT molecular complexity index is 1230. The molecule has 1 aliphatic rings. The molecule has 1 aliphatic carbocycles. The summed E-state index contributed by atoms with van der Waals surface area (Å²) in [6.07, 6.45) is 2.36. The van der Waals surface area contributed by atoms with Crippen molar-refractivity contribution >= 4 is 17.9 Å². The minimum atomic E-state index is -2.64. The first kappa shape index (κ1) is 29.1. The summed E-state index contributed by atoms with van der Waals surface area (Å²) in [4.78, 5) is 15.8. The first-order valence-electron chi connectivity index (χ1n) is 13.7. The standard InChI is InChI=1S/C31H39F2N3O2S/c1-23-11-12-28(39-22-24-9-6-5-7-10-24)26(21-23)27-15-20-35(34-27)18-8-19-36(29(37)38-30(2,3)4)25-13-16-31(32,33)17-14-25/h5-7,9-12,15,20-21,25H,8,13-14,16-19,22H2,1-4H3. The predicted octanol–water partition coefficient (Wildman–Crippen LogP) is 8.36. The van der Waals surface area contributed by atoms with Crippen molar-refractivity contribution in [3.05, 3.63) is 71.9 Å². The SMILES string of the molecule is Cc1ccc(SCc2ccccc2)c(-c2ccn(CCCN(C(=O)OC(C)(C)C)C3CCC(F)(F)CC3)n2)c1. The first-order valence-corrected chi connectivity index (χ1v) is 14.7. The molecule has 39 heavy (non-hydrogen) atoms. The van der Waals surface area contributed by atoms with Gasteiger partial charge in [0.05, 0.1) is 5.69 Å². The Labute approximate surface area is 234 Å². The summed E-state index contributed by atoms with van der Waals surface area (Å²) in [5, 5.41) is 4.84. The minimum Gasteiger partial charge on any atom is -0.444 e. The monoisotopic (exact) mass is 555 g/mol. The molecule has 0 N–H and O–H groups in total. The molecule has 1 fully saturated rings. The third-order valence-electron chi connectivity index (χ3n) is 6.83. The minimum absolute atomic E-state index is 0.194. The number of hydrogen-bond acceptors (Lipinski definition) is 4. The van der Waals surface area contributed by atoms with Gasteiger partial charge in [-0.05, 0) is 70.7 Å². The predicted molar refractivity (Wildman–Crippen MR) is 153 cm³/mol. The van der Waals surface area contributed by atoms with E-state index in [4.69, 9.17) is 9.84 Å². The lowest BCUT2D eigenvalue weighted by molar-refractivity contribution is -0.0572. The van der Waals surface area contributed by atoms with E-state index in [9.17, 15) is 13.6 Å². The summed E-state index contributed by atoms with van der Waals surface area (Å²) in [6, 6.07) is 18.7. The Kier molecular flexibility index (Phi) is 9.36. The van der Waals surface area contributed by atoms with Crippen molar-refractivity contribution in [1.82, 2.24) is 14.7 Å². The number of nitrogens with zero attached hydrogens (tertiary/aromatic N) is 3. The van der Waals surface area contributed by atoms with E-state index < -0.39 is 17.6 Å². The van der Waals surface area contributed by atoms with Crippen LogP contribution in [0.15, 0.2) is 65.7 Å². The number of carbonyl (C=O) groups excluding carboxylic acids is 1. The lowest BCUT2D eigenvalue weighted by Gasteiger charge is -2.37. The fourth-order valence-corrected chi connectivity index (χ4v) is 5.82. The van der Waals surface area contributed by atoms with Crippen molar-refractivity contribution in [2.45, 2.75) is 94.6 Å². The lowest BCUT2D eigenvalue weighted by atomic mass is 9.91. The molecule has 0 saturated heterocycles. The van der Waals surface area contributed by atoms with Crippen LogP contribution in [0.3, 0.4) is 0 Å². The molecule has 5 nitrogen and oxygen atoms in total. The van der Waals surface area contributed by atoms with E-state index in [0.29, 0.717) is 19.5 Å². The molecule has 0 unspecified atom stereocenters. The fraction of sp³-hybridized carbons (Fsp3) is 0.484. The summed E-state index contributed by atoms with van der Waals surface area (Å²) in [5.41, 5.74) is 3.82. The summed E-state index contributed by atoms with van der Waals surface area (Å²) >= 11 is 1.80. The number of alkyl halides is 2. The zero-order valence-corrected chi connectivity index (χ0v) is 24.1. The van der Waals surface area contributed by atoms with Crippen LogP contribution in [0.1, 0.15) is 64.0 Å². The maximum atomic E-state index is 13.8. The van der Waals surface area contributed by atoms with Crippen molar-refractivity contribution in [2.75, 3.05) is 6.54 Å². The van der Waals surface area contributed by atoms with Gasteiger partial charge in [0.25, 0.3) is 0 Å². The Morgan fingerprint density at radius 2 is 1.85 bits per heavy atom. The fourth-order valence-electron chi connectivity index (χ4n) is 4.82. The number of halogens is 2. The number of amides is 1. The Balaban J connectivity index is 1.41. The third-order valence-corrected chi connectivity index (χ3v) is 7.98. The van der Waals surface area contributed by atoms with Gasteiger partial charge in [0.1, 0.15) is 5.60 Å². The van der Waals surface area contributed by atoms with Crippen LogP contribution < -0.4 is 0 Å². The van der Waals surface area contributed by atoms with E-state index in [2.05, 4.69) is 49.4 Å². The molecule has 3 aromatic rings. The second kappa shape index (κ2) is 12.5. The topological polar surface area (TPSA) is 47.4 Å². The highest BCUT2D eigenvalue weighted by Crippen LogP contribution is 2.36. The maximum absolute atomic E-state index is 13.8. The summed E-state index contributed by atoms with van der Waals surface area (Å²) < 4.78 is 35.1. The van der Waals surface area contributed by atoms with Gasteiger partial charge in [-0.3, -0.25) is 4.68 Å². The quantitative estimate of drug-likeness (QED) is 0.249. The van der Waals surface area contributed by atoms with Crippen molar-refractivity contribution in [1.29, 1.82) is 0 Å². The second-order valence-corrected chi connectivity index (χ2v) is 12.4. The maximum Gasteiger partial charge on any atom is 0.410 e. The summed E-state index contributed by atoms with van der Waals surface area (Å²) in [6.45, 7) is 8.59. The van der Waals surface area contributed by atoms with E-state index in [1.54, 1.807) is 16.7 Å². The van der Waals surface area contributed by atoms with Crippen molar-refractivity contribution in [3.8, 4) is 11.3 Å². The van der Waals surface area contributed by atoms with Crippen LogP contribution in [0, 0.1) is 6.92 Å². The number of aromatic nitrogens is 2. The molecule has 2 aromatic carbocycles. The molecule has 8 heteroatoms. The van der Waals surface area contributed by atoms with Crippen molar-refractivity contribution < 1.29 is 18.3 Å². The largest absolute Gasteiger partial charge is 0.444 e. The zero-order valence-electron chi connectivity index (χ0n) is 23.3. The van der Waals surface area contributed by atoms with Crippen LogP contribution in [-0.2, 0) is 17.0 Å². The highest BCUT2D eigenvalue weighted by atomic mass is 32.2. The molecule has 1 heterocycles. The number of rotatable bonds is 9. The molecule has 0 radical (unpaired) electrons. The molecule has 1 saturated carbocycles. The van der Waals surface area contributed by atoms with E-state index >= 15 is 0 Å². The van der Waals surface area contributed by atoms with Gasteiger partial charge in [-0.15, -0.1) is 11.8 Å². The highest BCUT2D eigenvalue weighted by molar-refractivity contribution is 7.98. The lowest BCUT2D eigenvalue weighted by Crippen LogP contribution is -2.46. The molecule has 4 rings (SSSR count). The second-order valence-electron chi connectivity index (χ2n) is 11.4. The van der Waals surface area contributed by atoms with Crippen LogP contribution >= 0.6 is 11.8 Å². The molecule has 210 valence electrons. The molecule has 1 amide bonds. The molecular weight excluding hydrogens is 516 g/mol. The van der Waals surface area contributed by atoms with Gasteiger partial charge < -0.3 is 9.64 Å². The summed E-state index contributed by atoms with van der Waals surface area (Å²) in [7, 11) is 0. The third kappa shape index (κ3) is 8.56. The number of thioether (sulfide) groups is 1. The van der Waals surface area contributed by atoms with E-state index in [0.717, 1.165) is 17.0 Å². The molecule has 0 spiro atoms. The highest BCUT2D eigenvalue weighted by Gasteiger charge is 2.39. The van der Waals surface area contributed by atoms with Crippen LogP contribution in [0.5, 0.6) is 0 Å². The molecular formula is C31H39F2N3O2S. The van der Waals surface area contributed by atoms with Gasteiger partial charge in [0.15, 0.2) is 0 Å². The molecule has 0 aliphatic heterocycles. The van der Waals surface area contributed by atoms with Crippen LogP contribution in [0.25, 0.3) is 11.3 Å². The number of carbonyl (C=O) groups is 1. The number of benzene rings is 2. The zero-order chi connectivity index (χ0) is 28.0. The van der Waals surface area contributed by atoms with Crippen molar-refractivity contribution in [2.24, 2.45) is 0 Å². The smallest absolute Gasteiger partial charge is 0.410 e. The van der Waals surface area contributed by atoms with Crippen LogP contribution in [-0.4, -0.2) is 44.9 Å². The van der Waals surface area contributed by atoms with Gasteiger partial charge in [-0.25, -0.2) is 13.6 Å². The first-order chi connectivity index (χ1) is 18.5. The van der Waals surface area contributed by atoms with Gasteiger partial charge in [-0.1, -0.05) is 42.0 Å².